The van der Waals surface area contributed by atoms with Crippen molar-refractivity contribution >= 4 is 34.5 Å². The van der Waals surface area contributed by atoms with E-state index in [1.54, 1.807) is 12.1 Å². The van der Waals surface area contributed by atoms with Gasteiger partial charge in [0, 0.05) is 44.4 Å². The number of piperazine rings is 1. The van der Waals surface area contributed by atoms with Gasteiger partial charge in [0.1, 0.15) is 23.7 Å². The summed E-state index contributed by atoms with van der Waals surface area (Å²) in [5, 5.41) is 14.3. The molecule has 2 aliphatic rings. The van der Waals surface area contributed by atoms with Crippen molar-refractivity contribution in [3.63, 3.8) is 0 Å². The predicted molar refractivity (Wildman–Crippen MR) is 135 cm³/mol. The zero-order valence-electron chi connectivity index (χ0n) is 20.3. The number of carbonyl (C=O) groups is 1. The van der Waals surface area contributed by atoms with Crippen molar-refractivity contribution in [3.05, 3.63) is 42.1 Å². The molecule has 192 valence electrons. The van der Waals surface area contributed by atoms with Crippen molar-refractivity contribution in [2.24, 2.45) is 0 Å². The molecule has 4 N–H and O–H groups in total. The number of urea groups is 1. The van der Waals surface area contributed by atoms with Gasteiger partial charge in [-0.1, -0.05) is 11.2 Å². The Hall–Kier alpha value is -4.10. The largest absolute Gasteiger partial charge is 0.383 e. The third-order valence-electron chi connectivity index (χ3n) is 6.68. The molecule has 1 aromatic carbocycles. The molecule has 0 unspecified atom stereocenters. The standard InChI is InChI=1S/C24H27FN10O2/c1-33-6-8-34(9-7-33)12-15-11-19(37-32-15)30-24(36)29-18-5-2-14(10-17(18)25)21-20-22(26)27-13-28-23(20)35(31-21)16-3-4-16/h2,5,10-11,13,16H,3-4,6-9,12H2,1H3,(H2,26,27,28)(H2,29,30,36). The second-order valence-electron chi connectivity index (χ2n) is 9.52. The topological polar surface area (TPSA) is 143 Å². The van der Waals surface area contributed by atoms with E-state index in [9.17, 15) is 4.79 Å². The Morgan fingerprint density at radius 1 is 1.16 bits per heavy atom. The molecule has 13 heteroatoms. The summed E-state index contributed by atoms with van der Waals surface area (Å²) in [6, 6.07) is 5.75. The molecule has 0 spiro atoms. The second-order valence-corrected chi connectivity index (χ2v) is 9.52. The number of hydrogen-bond donors (Lipinski definition) is 3. The third kappa shape index (κ3) is 4.82. The molecule has 12 nitrogen and oxygen atoms in total. The summed E-state index contributed by atoms with van der Waals surface area (Å²) in [7, 11) is 2.10. The van der Waals surface area contributed by atoms with E-state index in [-0.39, 0.29) is 23.4 Å². The summed E-state index contributed by atoms with van der Waals surface area (Å²) < 4.78 is 22.1. The summed E-state index contributed by atoms with van der Waals surface area (Å²) in [4.78, 5) is 25.5. The molecule has 0 radical (unpaired) electrons. The summed E-state index contributed by atoms with van der Waals surface area (Å²) in [5.41, 5.74) is 8.49. The van der Waals surface area contributed by atoms with Gasteiger partial charge in [0.2, 0.25) is 5.88 Å². The molecule has 4 aromatic rings. The maximum Gasteiger partial charge on any atom is 0.326 e. The van der Waals surface area contributed by atoms with Crippen molar-refractivity contribution in [2.75, 3.05) is 49.6 Å². The SMILES string of the molecule is CN1CCN(Cc2cc(NC(=O)Nc3ccc(-c4nn(C5CC5)c5ncnc(N)c45)cc3F)on2)CC1. The lowest BCUT2D eigenvalue weighted by atomic mass is 10.1. The number of nitrogens with one attached hydrogen (secondary N) is 2. The molecular formula is C24H27FN10O2. The highest BCUT2D eigenvalue weighted by Crippen LogP contribution is 2.40. The Bertz CT molecular complexity index is 1460. The van der Waals surface area contributed by atoms with E-state index < -0.39 is 11.8 Å². The molecule has 4 heterocycles. The van der Waals surface area contributed by atoms with Gasteiger partial charge in [0.25, 0.3) is 0 Å². The van der Waals surface area contributed by atoms with Crippen LogP contribution in [0.15, 0.2) is 35.1 Å². The number of nitrogens with two attached hydrogens (primary N) is 1. The zero-order chi connectivity index (χ0) is 25.5. The molecule has 1 saturated carbocycles. The van der Waals surface area contributed by atoms with Crippen LogP contribution in [0.1, 0.15) is 24.6 Å². The van der Waals surface area contributed by atoms with E-state index in [0.29, 0.717) is 28.8 Å². The van der Waals surface area contributed by atoms with Crippen molar-refractivity contribution < 1.29 is 13.7 Å². The van der Waals surface area contributed by atoms with Gasteiger partial charge >= 0.3 is 6.03 Å². The molecule has 2 fully saturated rings. The number of fused-ring (bicyclic) bond motifs is 1. The van der Waals surface area contributed by atoms with Crippen LogP contribution in [-0.2, 0) is 6.54 Å². The first-order chi connectivity index (χ1) is 17.9. The van der Waals surface area contributed by atoms with Gasteiger partial charge < -0.3 is 20.5 Å². The lowest BCUT2D eigenvalue weighted by Gasteiger charge is -2.31. The molecule has 37 heavy (non-hydrogen) atoms. The Balaban J connectivity index is 1.14. The Labute approximate surface area is 211 Å². The monoisotopic (exact) mass is 506 g/mol. The average molecular weight is 507 g/mol. The lowest BCUT2D eigenvalue weighted by Crippen LogP contribution is -2.43. The van der Waals surface area contributed by atoms with Crippen molar-refractivity contribution in [2.45, 2.75) is 25.4 Å². The number of aromatic nitrogens is 5. The molecule has 6 rings (SSSR count). The molecule has 1 aliphatic heterocycles. The van der Waals surface area contributed by atoms with Crippen LogP contribution in [0.5, 0.6) is 0 Å². The maximum absolute atomic E-state index is 15.0. The van der Waals surface area contributed by atoms with Gasteiger partial charge in [-0.2, -0.15) is 5.10 Å². The summed E-state index contributed by atoms with van der Waals surface area (Å²) in [5.74, 6) is -0.148. The van der Waals surface area contributed by atoms with Gasteiger partial charge in [-0.3, -0.25) is 10.2 Å². The Morgan fingerprint density at radius 3 is 2.73 bits per heavy atom. The quantitative estimate of drug-likeness (QED) is 0.360. The summed E-state index contributed by atoms with van der Waals surface area (Å²) in [6.07, 6.45) is 3.42. The highest BCUT2D eigenvalue weighted by Gasteiger charge is 2.29. The van der Waals surface area contributed by atoms with E-state index in [2.05, 4.69) is 47.7 Å². The number of anilines is 3. The van der Waals surface area contributed by atoms with Gasteiger partial charge in [-0.25, -0.2) is 23.8 Å². The van der Waals surface area contributed by atoms with E-state index in [0.717, 1.165) is 44.7 Å². The highest BCUT2D eigenvalue weighted by molar-refractivity contribution is 6.00. The Kier molecular flexibility index (Phi) is 5.93. The van der Waals surface area contributed by atoms with Crippen LogP contribution in [0.4, 0.5) is 26.6 Å². The number of likely N-dealkylation sites (N-methyl/N-ethyl adjacent to an activating group) is 1. The van der Waals surface area contributed by atoms with Crippen LogP contribution in [0.3, 0.4) is 0 Å². The number of benzene rings is 1. The number of rotatable bonds is 6. The van der Waals surface area contributed by atoms with Crippen molar-refractivity contribution in [1.29, 1.82) is 0 Å². The second kappa shape index (κ2) is 9.41. The number of nitrogens with zero attached hydrogens (tertiary/aromatic N) is 7. The van der Waals surface area contributed by atoms with Crippen LogP contribution in [0, 0.1) is 5.82 Å². The number of hydrogen-bond acceptors (Lipinski definition) is 9. The first kappa shape index (κ1) is 23.3. The number of halogens is 1. The third-order valence-corrected chi connectivity index (χ3v) is 6.68. The van der Waals surface area contributed by atoms with Crippen LogP contribution in [0.2, 0.25) is 0 Å². The molecule has 1 saturated heterocycles. The minimum atomic E-state index is -0.643. The van der Waals surface area contributed by atoms with E-state index in [1.165, 1.54) is 18.5 Å². The van der Waals surface area contributed by atoms with E-state index >= 15 is 4.39 Å². The molecule has 3 aromatic heterocycles. The van der Waals surface area contributed by atoms with Crippen LogP contribution in [0.25, 0.3) is 22.3 Å². The highest BCUT2D eigenvalue weighted by atomic mass is 19.1. The number of amides is 2. The lowest BCUT2D eigenvalue weighted by molar-refractivity contribution is 0.145. The first-order valence-electron chi connectivity index (χ1n) is 12.2. The molecule has 0 bridgehead atoms. The van der Waals surface area contributed by atoms with Crippen LogP contribution < -0.4 is 16.4 Å². The number of carbonyl (C=O) groups excluding carboxylic acids is 1. The first-order valence-corrected chi connectivity index (χ1v) is 12.2. The molecule has 0 atom stereocenters. The predicted octanol–water partition coefficient (Wildman–Crippen LogP) is 2.93. The summed E-state index contributed by atoms with van der Waals surface area (Å²) in [6.45, 7) is 4.51. The fourth-order valence-corrected chi connectivity index (χ4v) is 4.48. The maximum atomic E-state index is 15.0. The fraction of sp³-hybridized carbons (Fsp3) is 0.375. The fourth-order valence-electron chi connectivity index (χ4n) is 4.48. The molecule has 2 amide bonds. The minimum Gasteiger partial charge on any atom is -0.383 e. The van der Waals surface area contributed by atoms with Gasteiger partial charge in [0.05, 0.1) is 22.8 Å². The van der Waals surface area contributed by atoms with Crippen molar-refractivity contribution in [1.82, 2.24) is 34.7 Å². The normalized spacial score (nSPS) is 16.8. The van der Waals surface area contributed by atoms with Crippen LogP contribution in [-0.4, -0.2) is 74.0 Å². The van der Waals surface area contributed by atoms with Gasteiger partial charge in [0.15, 0.2) is 5.65 Å². The Morgan fingerprint density at radius 2 is 1.97 bits per heavy atom. The zero-order valence-corrected chi connectivity index (χ0v) is 20.3. The smallest absolute Gasteiger partial charge is 0.326 e. The van der Waals surface area contributed by atoms with Crippen LogP contribution >= 0.6 is 0 Å². The summed E-state index contributed by atoms with van der Waals surface area (Å²) >= 11 is 0. The van der Waals surface area contributed by atoms with Gasteiger partial charge in [-0.05, 0) is 32.0 Å². The van der Waals surface area contributed by atoms with E-state index in [1.807, 2.05) is 4.68 Å². The van der Waals surface area contributed by atoms with E-state index in [4.69, 9.17) is 10.3 Å². The molecule has 1 aliphatic carbocycles. The van der Waals surface area contributed by atoms with Crippen molar-refractivity contribution in [3.8, 4) is 11.3 Å². The number of nitrogen functional groups attached to an aromatic ring is 1. The molecular weight excluding hydrogens is 479 g/mol. The average Bonchev–Trinajstić information content (AvgIpc) is 3.51. The minimum absolute atomic E-state index is 0.00794. The van der Waals surface area contributed by atoms with Gasteiger partial charge in [-0.15, -0.1) is 0 Å².